The fourth-order valence-corrected chi connectivity index (χ4v) is 1.61. The van der Waals surface area contributed by atoms with E-state index in [1.807, 2.05) is 25.1 Å². The highest BCUT2D eigenvalue weighted by Crippen LogP contribution is 2.24. The standard InChI is InChI=1S/C13H12FNO/c1-9-2-3-10(8-16)6-12(9)11-4-5-13(14)15-7-11/h2-7,16H,8H2,1H3. The van der Waals surface area contributed by atoms with Gasteiger partial charge in [-0.05, 0) is 41.8 Å². The molecule has 1 aromatic heterocycles. The molecular formula is C13H12FNO. The molecule has 0 saturated heterocycles. The summed E-state index contributed by atoms with van der Waals surface area (Å²) in [5.41, 5.74) is 3.74. The van der Waals surface area contributed by atoms with Crippen molar-refractivity contribution >= 4 is 0 Å². The van der Waals surface area contributed by atoms with E-state index in [-0.39, 0.29) is 6.61 Å². The predicted octanol–water partition coefficient (Wildman–Crippen LogP) is 2.69. The Morgan fingerprint density at radius 1 is 1.25 bits per heavy atom. The van der Waals surface area contributed by atoms with Gasteiger partial charge in [0.1, 0.15) is 0 Å². The second-order valence-electron chi connectivity index (χ2n) is 3.68. The van der Waals surface area contributed by atoms with Crippen molar-refractivity contribution in [3.05, 3.63) is 53.6 Å². The van der Waals surface area contributed by atoms with Crippen molar-refractivity contribution in [2.45, 2.75) is 13.5 Å². The molecule has 0 aliphatic heterocycles. The maximum absolute atomic E-state index is 12.7. The molecule has 1 aromatic carbocycles. The van der Waals surface area contributed by atoms with Gasteiger partial charge in [0.25, 0.3) is 0 Å². The Kier molecular flexibility index (Phi) is 2.97. The summed E-state index contributed by atoms with van der Waals surface area (Å²) >= 11 is 0. The van der Waals surface area contributed by atoms with Gasteiger partial charge in [0.15, 0.2) is 0 Å². The predicted molar refractivity (Wildman–Crippen MR) is 60.3 cm³/mol. The third kappa shape index (κ3) is 2.09. The molecule has 16 heavy (non-hydrogen) atoms. The van der Waals surface area contributed by atoms with E-state index in [4.69, 9.17) is 5.11 Å². The molecule has 0 atom stereocenters. The zero-order valence-corrected chi connectivity index (χ0v) is 8.94. The van der Waals surface area contributed by atoms with Gasteiger partial charge in [-0.1, -0.05) is 12.1 Å². The SMILES string of the molecule is Cc1ccc(CO)cc1-c1ccc(F)nc1. The highest BCUT2D eigenvalue weighted by atomic mass is 19.1. The average Bonchev–Trinajstić information content (AvgIpc) is 2.31. The molecule has 2 rings (SSSR count). The number of rotatable bonds is 2. The van der Waals surface area contributed by atoms with Gasteiger partial charge in [0, 0.05) is 11.8 Å². The summed E-state index contributed by atoms with van der Waals surface area (Å²) in [6.45, 7) is 1.97. The van der Waals surface area contributed by atoms with Crippen molar-refractivity contribution in [2.75, 3.05) is 0 Å². The van der Waals surface area contributed by atoms with E-state index >= 15 is 0 Å². The van der Waals surface area contributed by atoms with Crippen LogP contribution in [0.2, 0.25) is 0 Å². The number of halogens is 1. The van der Waals surface area contributed by atoms with Crippen LogP contribution in [0.1, 0.15) is 11.1 Å². The van der Waals surface area contributed by atoms with Crippen LogP contribution in [0.4, 0.5) is 4.39 Å². The summed E-state index contributed by atoms with van der Waals surface area (Å²) in [7, 11) is 0. The minimum Gasteiger partial charge on any atom is -0.392 e. The summed E-state index contributed by atoms with van der Waals surface area (Å²) in [6.07, 6.45) is 1.50. The van der Waals surface area contributed by atoms with Crippen molar-refractivity contribution in [3.63, 3.8) is 0 Å². The number of aliphatic hydroxyl groups is 1. The van der Waals surface area contributed by atoms with E-state index in [1.54, 1.807) is 6.07 Å². The van der Waals surface area contributed by atoms with Crippen LogP contribution >= 0.6 is 0 Å². The number of hydrogen-bond donors (Lipinski definition) is 1. The minimum atomic E-state index is -0.486. The third-order valence-electron chi connectivity index (χ3n) is 2.52. The van der Waals surface area contributed by atoms with Crippen LogP contribution in [-0.4, -0.2) is 10.1 Å². The van der Waals surface area contributed by atoms with Gasteiger partial charge in [-0.15, -0.1) is 0 Å². The molecule has 0 radical (unpaired) electrons. The fraction of sp³-hybridized carbons (Fsp3) is 0.154. The van der Waals surface area contributed by atoms with Gasteiger partial charge in [0.05, 0.1) is 6.61 Å². The highest BCUT2D eigenvalue weighted by molar-refractivity contribution is 5.66. The topological polar surface area (TPSA) is 33.1 Å². The summed E-state index contributed by atoms with van der Waals surface area (Å²) in [5.74, 6) is -0.486. The van der Waals surface area contributed by atoms with Crippen molar-refractivity contribution in [3.8, 4) is 11.1 Å². The molecule has 3 heteroatoms. The molecule has 0 amide bonds. The van der Waals surface area contributed by atoms with Crippen molar-refractivity contribution in [2.24, 2.45) is 0 Å². The molecule has 0 aliphatic carbocycles. The molecule has 82 valence electrons. The quantitative estimate of drug-likeness (QED) is 0.784. The molecule has 1 heterocycles. The van der Waals surface area contributed by atoms with Gasteiger partial charge in [-0.3, -0.25) is 0 Å². The number of nitrogens with zero attached hydrogens (tertiary/aromatic N) is 1. The lowest BCUT2D eigenvalue weighted by Crippen LogP contribution is -1.90. The number of aromatic nitrogens is 1. The average molecular weight is 217 g/mol. The normalized spacial score (nSPS) is 10.4. The maximum Gasteiger partial charge on any atom is 0.212 e. The lowest BCUT2D eigenvalue weighted by molar-refractivity contribution is 0.282. The Bertz CT molecular complexity index is 494. The zero-order valence-electron chi connectivity index (χ0n) is 8.94. The van der Waals surface area contributed by atoms with Crippen LogP contribution in [0.15, 0.2) is 36.5 Å². The maximum atomic E-state index is 12.7. The molecule has 2 aromatic rings. The molecule has 0 spiro atoms. The van der Waals surface area contributed by atoms with Crippen LogP contribution in [0, 0.1) is 12.9 Å². The van der Waals surface area contributed by atoms with E-state index < -0.39 is 5.95 Å². The van der Waals surface area contributed by atoms with Crippen LogP contribution < -0.4 is 0 Å². The first-order valence-corrected chi connectivity index (χ1v) is 5.03. The molecule has 1 N–H and O–H groups in total. The summed E-state index contributed by atoms with van der Waals surface area (Å²) in [5, 5.41) is 9.07. The van der Waals surface area contributed by atoms with Gasteiger partial charge >= 0.3 is 0 Å². The fourth-order valence-electron chi connectivity index (χ4n) is 1.61. The highest BCUT2D eigenvalue weighted by Gasteiger charge is 2.04. The Morgan fingerprint density at radius 2 is 2.06 bits per heavy atom. The largest absolute Gasteiger partial charge is 0.392 e. The van der Waals surface area contributed by atoms with Crippen molar-refractivity contribution < 1.29 is 9.50 Å². The minimum absolute atomic E-state index is 0.00189. The Hall–Kier alpha value is -1.74. The van der Waals surface area contributed by atoms with Gasteiger partial charge in [-0.25, -0.2) is 4.98 Å². The number of pyridine rings is 1. The van der Waals surface area contributed by atoms with Crippen LogP contribution in [-0.2, 0) is 6.61 Å². The molecule has 0 fully saturated rings. The Labute approximate surface area is 93.4 Å². The molecule has 0 aliphatic rings. The van der Waals surface area contributed by atoms with Crippen molar-refractivity contribution in [1.82, 2.24) is 4.98 Å². The van der Waals surface area contributed by atoms with E-state index in [2.05, 4.69) is 4.98 Å². The lowest BCUT2D eigenvalue weighted by Gasteiger charge is -2.07. The van der Waals surface area contributed by atoms with Gasteiger partial charge in [0.2, 0.25) is 5.95 Å². The summed E-state index contributed by atoms with van der Waals surface area (Å²) in [4.78, 5) is 3.62. The Balaban J connectivity index is 2.50. The number of aryl methyl sites for hydroxylation is 1. The number of aliphatic hydroxyl groups excluding tert-OH is 1. The molecule has 2 nitrogen and oxygen atoms in total. The second-order valence-corrected chi connectivity index (χ2v) is 3.68. The van der Waals surface area contributed by atoms with E-state index in [0.717, 1.165) is 22.3 Å². The van der Waals surface area contributed by atoms with E-state index in [0.29, 0.717) is 0 Å². The smallest absolute Gasteiger partial charge is 0.212 e. The lowest BCUT2D eigenvalue weighted by atomic mass is 10.00. The van der Waals surface area contributed by atoms with E-state index in [1.165, 1.54) is 12.3 Å². The Morgan fingerprint density at radius 3 is 2.69 bits per heavy atom. The first kappa shape index (κ1) is 10.8. The summed E-state index contributed by atoms with van der Waals surface area (Å²) < 4.78 is 12.7. The van der Waals surface area contributed by atoms with E-state index in [9.17, 15) is 4.39 Å². The third-order valence-corrected chi connectivity index (χ3v) is 2.52. The number of hydrogen-bond acceptors (Lipinski definition) is 2. The molecule has 0 saturated carbocycles. The first-order chi connectivity index (χ1) is 7.70. The number of benzene rings is 1. The second kappa shape index (κ2) is 4.41. The zero-order chi connectivity index (χ0) is 11.5. The van der Waals surface area contributed by atoms with Crippen LogP contribution in [0.5, 0.6) is 0 Å². The van der Waals surface area contributed by atoms with Crippen LogP contribution in [0.25, 0.3) is 11.1 Å². The van der Waals surface area contributed by atoms with Gasteiger partial charge in [-0.2, -0.15) is 4.39 Å². The molecule has 0 unspecified atom stereocenters. The van der Waals surface area contributed by atoms with Crippen LogP contribution in [0.3, 0.4) is 0 Å². The van der Waals surface area contributed by atoms with Gasteiger partial charge < -0.3 is 5.11 Å². The molecule has 0 bridgehead atoms. The summed E-state index contributed by atoms with van der Waals surface area (Å²) in [6, 6.07) is 8.72. The first-order valence-electron chi connectivity index (χ1n) is 5.03. The monoisotopic (exact) mass is 217 g/mol. The van der Waals surface area contributed by atoms with Crippen molar-refractivity contribution in [1.29, 1.82) is 0 Å². The molecular weight excluding hydrogens is 205 g/mol.